The van der Waals surface area contributed by atoms with Crippen LogP contribution in [0.2, 0.25) is 5.02 Å². The third kappa shape index (κ3) is 3.01. The van der Waals surface area contributed by atoms with Crippen LogP contribution >= 0.6 is 11.6 Å². The zero-order valence-electron chi connectivity index (χ0n) is 10.9. The lowest BCUT2D eigenvalue weighted by Gasteiger charge is -2.04. The highest BCUT2D eigenvalue weighted by Crippen LogP contribution is 2.33. The molecule has 0 atom stereocenters. The molecular weight excluding hydrogens is 320 g/mol. The van der Waals surface area contributed by atoms with Crippen LogP contribution in [0, 0.1) is 27.2 Å². The summed E-state index contributed by atoms with van der Waals surface area (Å²) in [6, 6.07) is 2.93. The van der Waals surface area contributed by atoms with Gasteiger partial charge in [-0.2, -0.15) is 0 Å². The largest absolute Gasteiger partial charge is 0.360 e. The van der Waals surface area contributed by atoms with E-state index in [-0.39, 0.29) is 5.82 Å². The number of nitro benzene ring substituents is 2. The van der Waals surface area contributed by atoms with Crippen molar-refractivity contribution in [3.05, 3.63) is 54.8 Å². The van der Waals surface area contributed by atoms with Crippen LogP contribution in [-0.4, -0.2) is 20.9 Å². The Morgan fingerprint density at radius 1 is 1.27 bits per heavy atom. The Labute approximate surface area is 127 Å². The lowest BCUT2D eigenvalue weighted by molar-refractivity contribution is -0.394. The second kappa shape index (κ2) is 5.77. The second-order valence-electron chi connectivity index (χ2n) is 4.12. The number of halogens is 1. The number of rotatable bonds is 4. The molecule has 0 bridgehead atoms. The van der Waals surface area contributed by atoms with Crippen LogP contribution in [0.5, 0.6) is 0 Å². The van der Waals surface area contributed by atoms with Gasteiger partial charge in [0, 0.05) is 12.1 Å². The van der Waals surface area contributed by atoms with Crippen molar-refractivity contribution in [1.82, 2.24) is 5.16 Å². The second-order valence-corrected chi connectivity index (χ2v) is 4.50. The molecular formula is C11H7ClN4O6. The minimum absolute atomic E-state index is 0.0488. The molecule has 0 saturated carbocycles. The van der Waals surface area contributed by atoms with Crippen molar-refractivity contribution in [2.24, 2.45) is 0 Å². The third-order valence-electron chi connectivity index (χ3n) is 2.56. The van der Waals surface area contributed by atoms with Crippen LogP contribution in [0.15, 0.2) is 22.7 Å². The zero-order valence-corrected chi connectivity index (χ0v) is 11.7. The third-order valence-corrected chi connectivity index (χ3v) is 2.96. The molecule has 0 unspecified atom stereocenters. The Bertz CT molecular complexity index is 787. The normalized spacial score (nSPS) is 10.3. The Morgan fingerprint density at radius 2 is 1.95 bits per heavy atom. The predicted octanol–water partition coefficient (Wildman–Crippen LogP) is 2.71. The van der Waals surface area contributed by atoms with Crippen molar-refractivity contribution in [3.8, 4) is 0 Å². The van der Waals surface area contributed by atoms with Crippen molar-refractivity contribution in [2.75, 3.05) is 5.32 Å². The van der Waals surface area contributed by atoms with Gasteiger partial charge in [0.2, 0.25) is 0 Å². The molecule has 1 aromatic carbocycles. The van der Waals surface area contributed by atoms with E-state index < -0.39 is 37.7 Å². The average molecular weight is 327 g/mol. The number of hydrogen-bond donors (Lipinski definition) is 1. The molecule has 2 rings (SSSR count). The fourth-order valence-corrected chi connectivity index (χ4v) is 1.87. The first-order chi connectivity index (χ1) is 10.3. The van der Waals surface area contributed by atoms with Gasteiger partial charge in [0.1, 0.15) is 10.8 Å². The lowest BCUT2D eigenvalue weighted by Crippen LogP contribution is -2.13. The Balaban J connectivity index is 2.46. The highest BCUT2D eigenvalue weighted by Gasteiger charge is 2.26. The summed E-state index contributed by atoms with van der Waals surface area (Å²) in [6.07, 6.45) is 0. The van der Waals surface area contributed by atoms with Crippen molar-refractivity contribution < 1.29 is 19.2 Å². The number of benzene rings is 1. The molecule has 114 valence electrons. The summed E-state index contributed by atoms with van der Waals surface area (Å²) in [6.45, 7) is 1.59. The van der Waals surface area contributed by atoms with Crippen LogP contribution in [0.1, 0.15) is 16.1 Å². The van der Waals surface area contributed by atoms with E-state index in [1.807, 2.05) is 0 Å². The summed E-state index contributed by atoms with van der Waals surface area (Å²) in [4.78, 5) is 32.0. The van der Waals surface area contributed by atoms with E-state index in [4.69, 9.17) is 16.1 Å². The monoisotopic (exact) mass is 326 g/mol. The smallest absolute Gasteiger partial charge is 0.295 e. The molecule has 22 heavy (non-hydrogen) atoms. The molecule has 10 nitrogen and oxygen atoms in total. The summed E-state index contributed by atoms with van der Waals surface area (Å²) < 4.78 is 4.74. The molecule has 11 heteroatoms. The standard InChI is InChI=1S/C11H7ClN4O6/c1-5-2-9(14-22-5)13-11(17)7-3-6(15(18)19)4-8(10(7)12)16(20)21/h2-4H,1H3,(H,13,14,17). The van der Waals surface area contributed by atoms with Gasteiger partial charge in [0.25, 0.3) is 17.3 Å². The van der Waals surface area contributed by atoms with Gasteiger partial charge in [-0.1, -0.05) is 16.8 Å². The summed E-state index contributed by atoms with van der Waals surface area (Å²) in [5, 5.41) is 27.0. The van der Waals surface area contributed by atoms with Gasteiger partial charge in [0.15, 0.2) is 5.82 Å². The van der Waals surface area contributed by atoms with Gasteiger partial charge in [-0.25, -0.2) is 0 Å². The fourth-order valence-electron chi connectivity index (χ4n) is 1.61. The van der Waals surface area contributed by atoms with Gasteiger partial charge < -0.3 is 9.84 Å². The van der Waals surface area contributed by atoms with Gasteiger partial charge in [-0.05, 0) is 6.92 Å². The predicted molar refractivity (Wildman–Crippen MR) is 74.0 cm³/mol. The Morgan fingerprint density at radius 3 is 2.45 bits per heavy atom. The van der Waals surface area contributed by atoms with E-state index in [0.29, 0.717) is 11.8 Å². The molecule has 0 aliphatic heterocycles. The van der Waals surface area contributed by atoms with E-state index in [9.17, 15) is 25.0 Å². The van der Waals surface area contributed by atoms with Gasteiger partial charge in [-0.3, -0.25) is 25.0 Å². The summed E-state index contributed by atoms with van der Waals surface area (Å²) in [5.41, 5.74) is -1.78. The maximum Gasteiger partial charge on any atom is 0.295 e. The van der Waals surface area contributed by atoms with E-state index >= 15 is 0 Å². The Hall–Kier alpha value is -3.01. The molecule has 0 saturated heterocycles. The molecule has 0 aliphatic rings. The number of anilines is 1. The van der Waals surface area contributed by atoms with Crippen LogP contribution in [-0.2, 0) is 0 Å². The number of aryl methyl sites for hydroxylation is 1. The number of aromatic nitrogens is 1. The maximum absolute atomic E-state index is 12.1. The van der Waals surface area contributed by atoms with E-state index in [0.717, 1.165) is 6.07 Å². The van der Waals surface area contributed by atoms with E-state index in [1.165, 1.54) is 6.07 Å². The van der Waals surface area contributed by atoms with Gasteiger partial charge in [0.05, 0.1) is 21.5 Å². The average Bonchev–Trinajstić information content (AvgIpc) is 2.83. The summed E-state index contributed by atoms with van der Waals surface area (Å²) in [7, 11) is 0. The maximum atomic E-state index is 12.1. The first kappa shape index (κ1) is 15.4. The molecule has 0 radical (unpaired) electrons. The first-order valence-electron chi connectivity index (χ1n) is 5.66. The summed E-state index contributed by atoms with van der Waals surface area (Å²) >= 11 is 5.78. The molecule has 1 N–H and O–H groups in total. The van der Waals surface area contributed by atoms with Gasteiger partial charge >= 0.3 is 0 Å². The quantitative estimate of drug-likeness (QED) is 0.672. The fraction of sp³-hybridized carbons (Fsp3) is 0.0909. The van der Waals surface area contributed by atoms with Crippen molar-refractivity contribution in [3.63, 3.8) is 0 Å². The number of hydrogen-bond acceptors (Lipinski definition) is 7. The number of amides is 1. The number of nitrogens with zero attached hydrogens (tertiary/aromatic N) is 3. The van der Waals surface area contributed by atoms with Gasteiger partial charge in [-0.15, -0.1) is 0 Å². The number of carbonyl (C=O) groups is 1. The summed E-state index contributed by atoms with van der Waals surface area (Å²) in [5.74, 6) is -0.413. The molecule has 0 aliphatic carbocycles. The van der Waals surface area contributed by atoms with Crippen LogP contribution in [0.25, 0.3) is 0 Å². The van der Waals surface area contributed by atoms with Crippen LogP contribution in [0.3, 0.4) is 0 Å². The van der Waals surface area contributed by atoms with E-state index in [2.05, 4.69) is 10.5 Å². The molecule has 1 heterocycles. The highest BCUT2D eigenvalue weighted by molar-refractivity contribution is 6.36. The molecule has 1 aromatic heterocycles. The Kier molecular flexibility index (Phi) is 4.04. The topological polar surface area (TPSA) is 141 Å². The van der Waals surface area contributed by atoms with E-state index in [1.54, 1.807) is 6.92 Å². The minimum Gasteiger partial charge on any atom is -0.360 e. The van der Waals surface area contributed by atoms with Crippen molar-refractivity contribution >= 4 is 34.7 Å². The molecule has 0 spiro atoms. The SMILES string of the molecule is Cc1cc(NC(=O)c2cc([N+](=O)[O-])cc([N+](=O)[O-])c2Cl)no1. The number of carbonyl (C=O) groups excluding carboxylic acids is 1. The van der Waals surface area contributed by atoms with Crippen LogP contribution in [0.4, 0.5) is 17.2 Å². The lowest BCUT2D eigenvalue weighted by atomic mass is 10.1. The zero-order chi connectivity index (χ0) is 16.4. The molecule has 1 amide bonds. The van der Waals surface area contributed by atoms with Crippen molar-refractivity contribution in [2.45, 2.75) is 6.92 Å². The van der Waals surface area contributed by atoms with Crippen molar-refractivity contribution in [1.29, 1.82) is 0 Å². The number of nitro groups is 2. The number of nitrogens with one attached hydrogen (secondary N) is 1. The first-order valence-corrected chi connectivity index (χ1v) is 6.04. The minimum atomic E-state index is -0.910. The molecule has 0 fully saturated rings. The number of non-ortho nitro benzene ring substituents is 1. The van der Waals surface area contributed by atoms with Crippen LogP contribution < -0.4 is 5.32 Å². The molecule has 2 aromatic rings. The highest BCUT2D eigenvalue weighted by atomic mass is 35.5.